The first kappa shape index (κ1) is 16.6. The molecule has 0 aromatic rings. The van der Waals surface area contributed by atoms with Crippen LogP contribution in [-0.4, -0.2) is 49.2 Å². The maximum absolute atomic E-state index is 12.9. The summed E-state index contributed by atoms with van der Waals surface area (Å²) in [7, 11) is 0. The molecule has 3 N–H and O–H groups in total. The molecule has 0 aliphatic carbocycles. The fourth-order valence-electron chi connectivity index (χ4n) is 1.90. The van der Waals surface area contributed by atoms with Gasteiger partial charge in [0, 0.05) is 31.2 Å². The van der Waals surface area contributed by atoms with E-state index in [4.69, 9.17) is 5.73 Å². The molecule has 2 heterocycles. The Morgan fingerprint density at radius 3 is 2.50 bits per heavy atom. The van der Waals surface area contributed by atoms with E-state index in [0.717, 1.165) is 13.1 Å². The van der Waals surface area contributed by atoms with Crippen LogP contribution >= 0.6 is 0 Å². The van der Waals surface area contributed by atoms with E-state index in [-0.39, 0.29) is 12.5 Å². The maximum Gasteiger partial charge on any atom is 0.253 e. The number of alkyl halides is 1. The van der Waals surface area contributed by atoms with Crippen molar-refractivity contribution in [2.75, 3.05) is 26.2 Å². The first-order valence-corrected chi connectivity index (χ1v) is 6.93. The molecule has 0 radical (unpaired) electrons. The molecule has 1 atom stereocenters. The van der Waals surface area contributed by atoms with Gasteiger partial charge >= 0.3 is 0 Å². The van der Waals surface area contributed by atoms with Crippen LogP contribution in [0.25, 0.3) is 0 Å². The number of halogens is 1. The number of nitrogens with one attached hydrogen (secondary N) is 1. The normalized spacial score (nSPS) is 23.2. The molecule has 4 nitrogen and oxygen atoms in total. The molecule has 5 heteroatoms. The number of carbonyl (C=O) groups excluding carboxylic acids is 1. The molecule has 0 bridgehead atoms. The fraction of sp³-hybridized carbons (Fsp3) is 0.533. The van der Waals surface area contributed by atoms with Gasteiger partial charge in [-0.3, -0.25) is 4.79 Å². The summed E-state index contributed by atoms with van der Waals surface area (Å²) in [5.74, 6) is -0.117. The highest BCUT2D eigenvalue weighted by Gasteiger charge is 2.26. The van der Waals surface area contributed by atoms with Gasteiger partial charge in [-0.25, -0.2) is 4.39 Å². The zero-order valence-electron chi connectivity index (χ0n) is 12.0. The number of allylic oxidation sites excluding steroid dienone is 3. The Bertz CT molecular complexity index is 389. The first-order chi connectivity index (χ1) is 9.58. The molecular weight excluding hydrogens is 257 g/mol. The van der Waals surface area contributed by atoms with Gasteiger partial charge < -0.3 is 16.0 Å². The summed E-state index contributed by atoms with van der Waals surface area (Å²) < 4.78 is 12.9. The van der Waals surface area contributed by atoms with Crippen LogP contribution in [0.15, 0.2) is 36.5 Å². The van der Waals surface area contributed by atoms with Crippen LogP contribution < -0.4 is 11.1 Å². The number of nitrogens with zero attached hydrogens (tertiary/aromatic N) is 1. The summed E-state index contributed by atoms with van der Waals surface area (Å²) in [4.78, 5) is 13.4. The van der Waals surface area contributed by atoms with Crippen LogP contribution in [0, 0.1) is 0 Å². The van der Waals surface area contributed by atoms with Crippen LogP contribution in [0.1, 0.15) is 13.3 Å². The van der Waals surface area contributed by atoms with Crippen molar-refractivity contribution in [1.29, 1.82) is 0 Å². The van der Waals surface area contributed by atoms with Crippen LogP contribution in [0.3, 0.4) is 0 Å². The van der Waals surface area contributed by atoms with E-state index in [9.17, 15) is 9.18 Å². The quantitative estimate of drug-likeness (QED) is 0.603. The minimum absolute atomic E-state index is 0.117. The van der Waals surface area contributed by atoms with Crippen molar-refractivity contribution in [1.82, 2.24) is 10.2 Å². The van der Waals surface area contributed by atoms with E-state index in [1.807, 2.05) is 6.92 Å². The number of hydrogen-bond acceptors (Lipinski definition) is 3. The van der Waals surface area contributed by atoms with Gasteiger partial charge in [0.15, 0.2) is 0 Å². The molecule has 2 aliphatic heterocycles. The SMILES string of the molecule is C=C/C=C(\C=C/C)C(=O)N1CCC(F)C1.NC1CNC1. The minimum atomic E-state index is -0.871. The highest BCUT2D eigenvalue weighted by Crippen LogP contribution is 2.15. The number of likely N-dealkylation sites (tertiary alicyclic amines) is 1. The summed E-state index contributed by atoms with van der Waals surface area (Å²) in [6.45, 7) is 8.14. The average Bonchev–Trinajstić information content (AvgIpc) is 2.83. The van der Waals surface area contributed by atoms with Crippen LogP contribution in [0.5, 0.6) is 0 Å². The van der Waals surface area contributed by atoms with E-state index in [2.05, 4.69) is 11.9 Å². The molecule has 0 saturated carbocycles. The third kappa shape index (κ3) is 5.27. The van der Waals surface area contributed by atoms with Gasteiger partial charge in [0.2, 0.25) is 0 Å². The van der Waals surface area contributed by atoms with E-state index < -0.39 is 6.17 Å². The molecule has 0 aromatic carbocycles. The second kappa shape index (κ2) is 8.66. The molecule has 1 amide bonds. The maximum atomic E-state index is 12.9. The molecule has 2 rings (SSSR count). The number of hydrogen-bond donors (Lipinski definition) is 2. The van der Waals surface area contributed by atoms with Crippen LogP contribution in [0.2, 0.25) is 0 Å². The van der Waals surface area contributed by atoms with Gasteiger partial charge in [0.25, 0.3) is 5.91 Å². The van der Waals surface area contributed by atoms with E-state index in [1.54, 1.807) is 29.2 Å². The Hall–Kier alpha value is -1.46. The highest BCUT2D eigenvalue weighted by molar-refractivity contribution is 5.96. The molecule has 112 valence electrons. The zero-order valence-corrected chi connectivity index (χ0v) is 12.0. The number of amides is 1. The Morgan fingerprint density at radius 2 is 2.15 bits per heavy atom. The van der Waals surface area contributed by atoms with Gasteiger partial charge in [-0.05, 0) is 13.3 Å². The lowest BCUT2D eigenvalue weighted by Crippen LogP contribution is -2.52. The lowest BCUT2D eigenvalue weighted by Gasteiger charge is -2.21. The highest BCUT2D eigenvalue weighted by atomic mass is 19.1. The third-order valence-electron chi connectivity index (χ3n) is 3.12. The number of carbonyl (C=O) groups is 1. The Kier molecular flexibility index (Phi) is 7.18. The molecule has 2 aliphatic rings. The molecule has 20 heavy (non-hydrogen) atoms. The lowest BCUT2D eigenvalue weighted by molar-refractivity contribution is -0.125. The Labute approximate surface area is 120 Å². The Balaban J connectivity index is 0.000000333. The van der Waals surface area contributed by atoms with Crippen molar-refractivity contribution in [2.24, 2.45) is 5.73 Å². The van der Waals surface area contributed by atoms with Crippen molar-refractivity contribution < 1.29 is 9.18 Å². The summed E-state index contributed by atoms with van der Waals surface area (Å²) in [5.41, 5.74) is 5.87. The van der Waals surface area contributed by atoms with E-state index in [0.29, 0.717) is 24.6 Å². The van der Waals surface area contributed by atoms with Gasteiger partial charge in [-0.2, -0.15) is 0 Å². The topological polar surface area (TPSA) is 58.4 Å². The van der Waals surface area contributed by atoms with Crippen molar-refractivity contribution in [2.45, 2.75) is 25.6 Å². The summed E-state index contributed by atoms with van der Waals surface area (Å²) >= 11 is 0. The second-order valence-corrected chi connectivity index (χ2v) is 4.91. The molecule has 0 aromatic heterocycles. The predicted molar refractivity (Wildman–Crippen MR) is 80.0 cm³/mol. The van der Waals surface area contributed by atoms with E-state index in [1.165, 1.54) is 0 Å². The summed E-state index contributed by atoms with van der Waals surface area (Å²) in [6, 6.07) is 0.454. The standard InChI is InChI=1S/C12H16FNO.C3H8N2/c1-3-5-10(6-4-2)12(15)14-8-7-11(13)9-14;4-3-1-5-2-3/h3-6,11H,1,7-9H2,2H3;3,5H,1-2,4H2/b6-4-,10-5+;. The molecule has 2 fully saturated rings. The van der Waals surface area contributed by atoms with Gasteiger partial charge in [0.1, 0.15) is 6.17 Å². The van der Waals surface area contributed by atoms with Crippen molar-refractivity contribution >= 4 is 5.91 Å². The average molecular weight is 281 g/mol. The van der Waals surface area contributed by atoms with Gasteiger partial charge in [-0.1, -0.05) is 30.9 Å². The monoisotopic (exact) mass is 281 g/mol. The number of nitrogens with two attached hydrogens (primary N) is 1. The van der Waals surface area contributed by atoms with Crippen molar-refractivity contribution in [3.63, 3.8) is 0 Å². The van der Waals surface area contributed by atoms with Crippen molar-refractivity contribution in [3.8, 4) is 0 Å². The van der Waals surface area contributed by atoms with Crippen LogP contribution in [0.4, 0.5) is 4.39 Å². The molecule has 0 spiro atoms. The summed E-state index contributed by atoms with van der Waals surface area (Å²) in [5, 5.41) is 3.04. The fourth-order valence-corrected chi connectivity index (χ4v) is 1.90. The largest absolute Gasteiger partial charge is 0.336 e. The molecular formula is C15H24FN3O. The lowest BCUT2D eigenvalue weighted by atomic mass is 10.2. The molecule has 1 unspecified atom stereocenters. The first-order valence-electron chi connectivity index (χ1n) is 6.93. The molecule has 2 saturated heterocycles. The Morgan fingerprint density at radius 1 is 1.50 bits per heavy atom. The van der Waals surface area contributed by atoms with E-state index >= 15 is 0 Å². The predicted octanol–water partition coefficient (Wildman–Crippen LogP) is 1.16. The zero-order chi connectivity index (χ0) is 15.0. The van der Waals surface area contributed by atoms with Gasteiger partial charge in [0.05, 0.1) is 6.54 Å². The smallest absolute Gasteiger partial charge is 0.253 e. The van der Waals surface area contributed by atoms with Gasteiger partial charge in [-0.15, -0.1) is 0 Å². The minimum Gasteiger partial charge on any atom is -0.336 e. The third-order valence-corrected chi connectivity index (χ3v) is 3.12. The summed E-state index contributed by atoms with van der Waals surface area (Å²) in [6.07, 6.45) is 6.29. The second-order valence-electron chi connectivity index (χ2n) is 4.91. The number of rotatable bonds is 3. The van der Waals surface area contributed by atoms with Crippen molar-refractivity contribution in [3.05, 3.63) is 36.5 Å². The van der Waals surface area contributed by atoms with Crippen LogP contribution in [-0.2, 0) is 4.79 Å².